The van der Waals surface area contributed by atoms with Crippen LogP contribution in [0.25, 0.3) is 10.8 Å². The van der Waals surface area contributed by atoms with Crippen molar-refractivity contribution in [3.63, 3.8) is 0 Å². The molecule has 0 saturated carbocycles. The Kier molecular flexibility index (Phi) is 7.19. The van der Waals surface area contributed by atoms with Crippen LogP contribution in [0, 0.1) is 5.82 Å². The Morgan fingerprint density at radius 2 is 1.72 bits per heavy atom. The van der Waals surface area contributed by atoms with E-state index in [1.54, 1.807) is 43.3 Å². The first-order chi connectivity index (χ1) is 15.3. The summed E-state index contributed by atoms with van der Waals surface area (Å²) in [6, 6.07) is 10.7. The van der Waals surface area contributed by atoms with E-state index in [1.807, 2.05) is 0 Å². The zero-order valence-electron chi connectivity index (χ0n) is 18.3. The average molecular weight is 439 g/mol. The van der Waals surface area contributed by atoms with E-state index in [-0.39, 0.29) is 16.8 Å². The predicted molar refractivity (Wildman–Crippen MR) is 121 cm³/mol. The summed E-state index contributed by atoms with van der Waals surface area (Å²) in [4.78, 5) is 39.5. The highest BCUT2D eigenvalue weighted by atomic mass is 19.1. The molecule has 3 rings (SSSR count). The number of nitrogens with zero attached hydrogens (tertiary/aromatic N) is 3. The van der Waals surface area contributed by atoms with Gasteiger partial charge in [-0.3, -0.25) is 25.2 Å². The first-order valence-electron chi connectivity index (χ1n) is 10.4. The highest BCUT2D eigenvalue weighted by Crippen LogP contribution is 2.18. The van der Waals surface area contributed by atoms with Crippen molar-refractivity contribution < 1.29 is 14.0 Å². The van der Waals surface area contributed by atoms with Gasteiger partial charge in [-0.2, -0.15) is 5.10 Å². The number of halogens is 1. The fraction of sp³-hybridized carbons (Fsp3) is 0.304. The zero-order chi connectivity index (χ0) is 23.3. The number of hydrogen-bond donors (Lipinski definition) is 2. The number of carbonyl (C=O) groups excluding carboxylic acids is 2. The summed E-state index contributed by atoms with van der Waals surface area (Å²) in [5.74, 6) is -1.91. The van der Waals surface area contributed by atoms with Gasteiger partial charge in [-0.15, -0.1) is 0 Å². The van der Waals surface area contributed by atoms with Gasteiger partial charge >= 0.3 is 0 Å². The maximum Gasteiger partial charge on any atom is 0.290 e. The van der Waals surface area contributed by atoms with E-state index in [1.165, 1.54) is 16.8 Å². The lowest BCUT2D eigenvalue weighted by molar-refractivity contribution is 0.0843. The van der Waals surface area contributed by atoms with Crippen molar-refractivity contribution in [1.82, 2.24) is 20.6 Å². The molecule has 0 spiro atoms. The van der Waals surface area contributed by atoms with Crippen LogP contribution in [-0.4, -0.2) is 35.7 Å². The Bertz CT molecular complexity index is 1210. The van der Waals surface area contributed by atoms with Gasteiger partial charge in [0.1, 0.15) is 5.82 Å². The molecule has 32 heavy (non-hydrogen) atoms. The summed E-state index contributed by atoms with van der Waals surface area (Å²) in [6.07, 6.45) is 2.67. The Labute approximate surface area is 185 Å². The zero-order valence-corrected chi connectivity index (χ0v) is 18.3. The maximum atomic E-state index is 14.2. The number of amides is 2. The summed E-state index contributed by atoms with van der Waals surface area (Å²) in [5, 5.41) is 5.00. The van der Waals surface area contributed by atoms with Crippen molar-refractivity contribution in [3.8, 4) is 0 Å². The third-order valence-corrected chi connectivity index (χ3v) is 5.04. The highest BCUT2D eigenvalue weighted by Gasteiger charge is 2.18. The van der Waals surface area contributed by atoms with Crippen molar-refractivity contribution in [1.29, 1.82) is 0 Å². The molecule has 0 unspecified atom stereocenters. The number of aryl methyl sites for hydroxylation is 1. The summed E-state index contributed by atoms with van der Waals surface area (Å²) < 4.78 is 15.4. The molecule has 0 aliphatic carbocycles. The van der Waals surface area contributed by atoms with E-state index in [9.17, 15) is 18.8 Å². The Balaban J connectivity index is 1.82. The molecule has 1 aromatic heterocycles. The van der Waals surface area contributed by atoms with Crippen LogP contribution in [0.1, 0.15) is 47.0 Å². The van der Waals surface area contributed by atoms with Crippen molar-refractivity contribution in [2.75, 3.05) is 19.0 Å². The standard InChI is InChI=1S/C23H26FN5O3/c1-4-5-8-13-29-23(32)17-10-7-6-9-16(17)20(27-29)22(31)26-25-21(30)15-11-12-19(28(2)3)18(24)14-15/h6-7,9-12,14H,4-5,8,13H2,1-3H3,(H,25,30)(H,26,31). The second-order valence-corrected chi connectivity index (χ2v) is 7.60. The van der Waals surface area contributed by atoms with Gasteiger partial charge in [0.15, 0.2) is 5.69 Å². The van der Waals surface area contributed by atoms with Gasteiger partial charge in [0.05, 0.1) is 11.1 Å². The molecule has 3 aromatic rings. The number of hydrazine groups is 1. The highest BCUT2D eigenvalue weighted by molar-refractivity contribution is 6.06. The van der Waals surface area contributed by atoms with Gasteiger partial charge in [0.2, 0.25) is 0 Å². The van der Waals surface area contributed by atoms with Gasteiger partial charge in [0.25, 0.3) is 17.4 Å². The molecule has 0 radical (unpaired) electrons. The molecule has 2 N–H and O–H groups in total. The molecule has 9 heteroatoms. The fourth-order valence-electron chi connectivity index (χ4n) is 3.32. The monoisotopic (exact) mass is 439 g/mol. The molecular weight excluding hydrogens is 413 g/mol. The summed E-state index contributed by atoms with van der Waals surface area (Å²) in [5.41, 5.74) is 4.73. The number of benzene rings is 2. The topological polar surface area (TPSA) is 96.3 Å². The number of fused-ring (bicyclic) bond motifs is 1. The quantitative estimate of drug-likeness (QED) is 0.436. The van der Waals surface area contributed by atoms with Gasteiger partial charge in [0, 0.05) is 31.6 Å². The lowest BCUT2D eigenvalue weighted by Crippen LogP contribution is -2.42. The maximum absolute atomic E-state index is 14.2. The number of carbonyl (C=O) groups is 2. The second kappa shape index (κ2) is 10.0. The molecule has 2 aromatic carbocycles. The molecule has 0 bridgehead atoms. The largest absolute Gasteiger partial charge is 0.375 e. The first-order valence-corrected chi connectivity index (χ1v) is 10.4. The molecular formula is C23H26FN5O3. The molecule has 0 aliphatic rings. The van der Waals surface area contributed by atoms with Crippen LogP contribution in [0.2, 0.25) is 0 Å². The van der Waals surface area contributed by atoms with Gasteiger partial charge in [-0.1, -0.05) is 38.0 Å². The van der Waals surface area contributed by atoms with E-state index in [4.69, 9.17) is 0 Å². The molecule has 0 saturated heterocycles. The van der Waals surface area contributed by atoms with Gasteiger partial charge < -0.3 is 4.90 Å². The number of rotatable bonds is 7. The summed E-state index contributed by atoms with van der Waals surface area (Å²) in [7, 11) is 3.38. The predicted octanol–water partition coefficient (Wildman–Crippen LogP) is 2.87. The molecule has 0 fully saturated rings. The molecule has 168 valence electrons. The minimum atomic E-state index is -0.678. The Morgan fingerprint density at radius 1 is 1.03 bits per heavy atom. The Morgan fingerprint density at radius 3 is 2.38 bits per heavy atom. The molecule has 8 nitrogen and oxygen atoms in total. The van der Waals surface area contributed by atoms with E-state index < -0.39 is 17.6 Å². The normalized spacial score (nSPS) is 10.8. The molecule has 0 aliphatic heterocycles. The first kappa shape index (κ1) is 22.9. The Hall–Kier alpha value is -3.75. The van der Waals surface area contributed by atoms with E-state index in [0.29, 0.717) is 23.0 Å². The number of nitrogens with one attached hydrogen (secondary N) is 2. The number of aromatic nitrogens is 2. The lowest BCUT2D eigenvalue weighted by atomic mass is 10.1. The van der Waals surface area contributed by atoms with Crippen molar-refractivity contribution in [2.45, 2.75) is 32.7 Å². The fourth-order valence-corrected chi connectivity index (χ4v) is 3.32. The van der Waals surface area contributed by atoms with Crippen LogP contribution >= 0.6 is 0 Å². The van der Waals surface area contributed by atoms with Crippen LogP contribution in [0.3, 0.4) is 0 Å². The van der Waals surface area contributed by atoms with Gasteiger partial charge in [-0.25, -0.2) is 9.07 Å². The molecule has 1 heterocycles. The van der Waals surface area contributed by atoms with Crippen LogP contribution in [0.15, 0.2) is 47.3 Å². The number of hydrogen-bond acceptors (Lipinski definition) is 5. The van der Waals surface area contributed by atoms with Crippen LogP contribution in [0.5, 0.6) is 0 Å². The summed E-state index contributed by atoms with van der Waals surface area (Å²) >= 11 is 0. The van der Waals surface area contributed by atoms with Crippen molar-refractivity contribution in [2.24, 2.45) is 0 Å². The SMILES string of the molecule is CCCCCn1nc(C(=O)NNC(=O)c2ccc(N(C)C)c(F)c2)c2ccccc2c1=O. The van der Waals surface area contributed by atoms with E-state index in [2.05, 4.69) is 22.9 Å². The third kappa shape index (κ3) is 4.93. The minimum absolute atomic E-state index is 0.0196. The van der Waals surface area contributed by atoms with E-state index in [0.717, 1.165) is 25.3 Å². The van der Waals surface area contributed by atoms with Gasteiger partial charge in [-0.05, 0) is 30.7 Å². The number of anilines is 1. The third-order valence-electron chi connectivity index (χ3n) is 5.04. The van der Waals surface area contributed by atoms with Crippen LogP contribution < -0.4 is 21.3 Å². The molecule has 2 amide bonds. The smallest absolute Gasteiger partial charge is 0.290 e. The molecule has 0 atom stereocenters. The average Bonchev–Trinajstić information content (AvgIpc) is 2.78. The minimum Gasteiger partial charge on any atom is -0.375 e. The van der Waals surface area contributed by atoms with E-state index >= 15 is 0 Å². The van der Waals surface area contributed by atoms with Crippen LogP contribution in [-0.2, 0) is 6.54 Å². The second-order valence-electron chi connectivity index (χ2n) is 7.60. The van der Waals surface area contributed by atoms with Crippen LogP contribution in [0.4, 0.5) is 10.1 Å². The lowest BCUT2D eigenvalue weighted by Gasteiger charge is -2.14. The van der Waals surface area contributed by atoms with Crippen molar-refractivity contribution >= 4 is 28.3 Å². The summed E-state index contributed by atoms with van der Waals surface area (Å²) in [6.45, 7) is 2.44. The number of unbranched alkanes of at least 4 members (excludes halogenated alkanes) is 2. The van der Waals surface area contributed by atoms with Crippen molar-refractivity contribution in [3.05, 3.63) is 69.9 Å².